The molecule has 1 N–H and O–H groups in total. The predicted molar refractivity (Wildman–Crippen MR) is 57.7 cm³/mol. The van der Waals surface area contributed by atoms with Crippen LogP contribution in [0.5, 0.6) is 0 Å². The second kappa shape index (κ2) is 4.98. The minimum absolute atomic E-state index is 0.143. The fourth-order valence-corrected chi connectivity index (χ4v) is 2.19. The van der Waals surface area contributed by atoms with Gasteiger partial charge in [-0.2, -0.15) is 18.4 Å². The first-order chi connectivity index (χ1) is 7.76. The van der Waals surface area contributed by atoms with Gasteiger partial charge in [-0.15, -0.1) is 0 Å². The molecule has 0 radical (unpaired) electrons. The number of hydrogen-bond acceptors (Lipinski definition) is 3. The highest BCUT2D eigenvalue weighted by Gasteiger charge is 2.32. The van der Waals surface area contributed by atoms with Crippen molar-refractivity contribution >= 4 is 33.7 Å². The highest BCUT2D eigenvalue weighted by atomic mass is 79.9. The van der Waals surface area contributed by atoms with Crippen molar-refractivity contribution in [2.75, 3.05) is 0 Å². The summed E-state index contributed by atoms with van der Waals surface area (Å²) in [6.07, 6.45) is 0. The smallest absolute Gasteiger partial charge is 0.446 e. The lowest BCUT2D eigenvalue weighted by Gasteiger charge is -2.10. The molecule has 8 heteroatoms. The Morgan fingerprint density at radius 1 is 1.47 bits per heavy atom. The molecule has 0 bridgehead atoms. The number of aromatic carboxylic acids is 1. The van der Waals surface area contributed by atoms with Crippen molar-refractivity contribution < 1.29 is 23.1 Å². The van der Waals surface area contributed by atoms with Crippen LogP contribution in [0.2, 0.25) is 0 Å². The number of thioether (sulfide) groups is 1. The fraction of sp³-hybridized carbons (Fsp3) is 0.111. The molecule has 1 rings (SSSR count). The summed E-state index contributed by atoms with van der Waals surface area (Å²) in [7, 11) is 0. The monoisotopic (exact) mass is 325 g/mol. The first-order valence-electron chi connectivity index (χ1n) is 3.98. The van der Waals surface area contributed by atoms with E-state index < -0.39 is 33.7 Å². The normalized spacial score (nSPS) is 11.0. The zero-order valence-electron chi connectivity index (χ0n) is 7.88. The van der Waals surface area contributed by atoms with Gasteiger partial charge in [0.1, 0.15) is 6.07 Å². The third kappa shape index (κ3) is 3.38. The van der Waals surface area contributed by atoms with Gasteiger partial charge in [-0.05, 0) is 39.8 Å². The Hall–Kier alpha value is -1.20. The second-order valence-electron chi connectivity index (χ2n) is 2.76. The maximum Gasteiger partial charge on any atom is 0.446 e. The van der Waals surface area contributed by atoms with Gasteiger partial charge in [0.2, 0.25) is 0 Å². The molecule has 0 unspecified atom stereocenters. The van der Waals surface area contributed by atoms with Crippen molar-refractivity contribution in [3.63, 3.8) is 0 Å². The average Bonchev–Trinajstić information content (AvgIpc) is 2.17. The number of hydrogen-bond donors (Lipinski definition) is 1. The van der Waals surface area contributed by atoms with Gasteiger partial charge in [0.15, 0.2) is 0 Å². The van der Waals surface area contributed by atoms with Gasteiger partial charge in [-0.3, -0.25) is 0 Å². The van der Waals surface area contributed by atoms with E-state index >= 15 is 0 Å². The van der Waals surface area contributed by atoms with E-state index in [4.69, 9.17) is 10.4 Å². The molecule has 0 saturated carbocycles. The fourth-order valence-electron chi connectivity index (χ4n) is 1.09. The molecule has 1 aromatic rings. The van der Waals surface area contributed by atoms with Gasteiger partial charge in [-0.1, -0.05) is 0 Å². The number of nitrogens with zero attached hydrogens (tertiary/aromatic N) is 1. The minimum Gasteiger partial charge on any atom is -0.478 e. The molecule has 0 aliphatic heterocycles. The van der Waals surface area contributed by atoms with Crippen LogP contribution in [0, 0.1) is 11.3 Å². The van der Waals surface area contributed by atoms with E-state index in [1.54, 1.807) is 6.07 Å². The molecule has 0 saturated heterocycles. The Balaban J connectivity index is 3.42. The molecule has 1 aromatic carbocycles. The molecule has 0 atom stereocenters. The van der Waals surface area contributed by atoms with Crippen molar-refractivity contribution in [2.45, 2.75) is 10.4 Å². The Morgan fingerprint density at radius 3 is 2.47 bits per heavy atom. The van der Waals surface area contributed by atoms with Crippen molar-refractivity contribution in [1.82, 2.24) is 0 Å². The van der Waals surface area contributed by atoms with E-state index in [0.29, 0.717) is 0 Å². The molecule has 0 aliphatic carbocycles. The van der Waals surface area contributed by atoms with E-state index in [-0.39, 0.29) is 10.0 Å². The van der Waals surface area contributed by atoms with Gasteiger partial charge in [0.25, 0.3) is 0 Å². The van der Waals surface area contributed by atoms with Crippen molar-refractivity contribution in [3.8, 4) is 6.07 Å². The van der Waals surface area contributed by atoms with Crippen LogP contribution in [0.15, 0.2) is 21.5 Å². The topological polar surface area (TPSA) is 61.1 Å². The standard InChI is InChI=1S/C9H3BrF3NO2S/c10-5-1-2-6(17-9(11,12)13)7(8(15)16)4(5)3-14/h1-2H,(H,15,16). The lowest BCUT2D eigenvalue weighted by Crippen LogP contribution is -2.07. The predicted octanol–water partition coefficient (Wildman–Crippen LogP) is 3.63. The molecule has 0 fully saturated rings. The molecular formula is C9H3BrF3NO2S. The zero-order valence-corrected chi connectivity index (χ0v) is 10.3. The highest BCUT2D eigenvalue weighted by molar-refractivity contribution is 9.10. The molecule has 17 heavy (non-hydrogen) atoms. The van der Waals surface area contributed by atoms with Crippen molar-refractivity contribution in [2.24, 2.45) is 0 Å². The van der Waals surface area contributed by atoms with Crippen LogP contribution in [0.4, 0.5) is 13.2 Å². The SMILES string of the molecule is N#Cc1c(Br)ccc(SC(F)(F)F)c1C(=O)O. The Labute approximate surface area is 106 Å². The van der Waals surface area contributed by atoms with Crippen LogP contribution >= 0.6 is 27.7 Å². The lowest BCUT2D eigenvalue weighted by molar-refractivity contribution is -0.0328. The summed E-state index contributed by atoms with van der Waals surface area (Å²) < 4.78 is 36.7. The van der Waals surface area contributed by atoms with E-state index in [1.165, 1.54) is 6.07 Å². The molecule has 0 aliphatic rings. The van der Waals surface area contributed by atoms with Crippen LogP contribution in [-0.2, 0) is 0 Å². The molecule has 90 valence electrons. The van der Waals surface area contributed by atoms with Gasteiger partial charge < -0.3 is 5.11 Å². The molecule has 0 aromatic heterocycles. The first-order valence-corrected chi connectivity index (χ1v) is 5.59. The summed E-state index contributed by atoms with van der Waals surface area (Å²) in [5, 5.41) is 17.6. The van der Waals surface area contributed by atoms with Crippen molar-refractivity contribution in [1.29, 1.82) is 5.26 Å². The average molecular weight is 326 g/mol. The Bertz CT molecular complexity index is 510. The summed E-state index contributed by atoms with van der Waals surface area (Å²) in [6.45, 7) is 0. The number of alkyl halides is 3. The van der Waals surface area contributed by atoms with E-state index in [0.717, 1.165) is 6.07 Å². The number of carboxylic acid groups (broad SMARTS) is 1. The lowest BCUT2D eigenvalue weighted by atomic mass is 10.1. The summed E-state index contributed by atoms with van der Waals surface area (Å²) in [4.78, 5) is 10.4. The third-order valence-electron chi connectivity index (χ3n) is 1.67. The highest BCUT2D eigenvalue weighted by Crippen LogP contribution is 2.40. The zero-order chi connectivity index (χ0) is 13.2. The van der Waals surface area contributed by atoms with Crippen LogP contribution in [0.1, 0.15) is 15.9 Å². The Kier molecular flexibility index (Phi) is 4.06. The molecular weight excluding hydrogens is 323 g/mol. The largest absolute Gasteiger partial charge is 0.478 e. The van der Waals surface area contributed by atoms with Gasteiger partial charge in [0.05, 0.1) is 11.1 Å². The van der Waals surface area contributed by atoms with Gasteiger partial charge in [0, 0.05) is 9.37 Å². The quantitative estimate of drug-likeness (QED) is 0.843. The Morgan fingerprint density at radius 2 is 2.06 bits per heavy atom. The third-order valence-corrected chi connectivity index (χ3v) is 3.12. The van der Waals surface area contributed by atoms with Crippen LogP contribution in [0.25, 0.3) is 0 Å². The van der Waals surface area contributed by atoms with Crippen LogP contribution in [-0.4, -0.2) is 16.6 Å². The number of halogens is 4. The molecule has 0 amide bonds. The van der Waals surface area contributed by atoms with Gasteiger partial charge in [-0.25, -0.2) is 4.79 Å². The second-order valence-corrected chi connectivity index (χ2v) is 4.72. The number of rotatable bonds is 2. The van der Waals surface area contributed by atoms with Crippen LogP contribution < -0.4 is 0 Å². The van der Waals surface area contributed by atoms with Gasteiger partial charge >= 0.3 is 11.5 Å². The molecule has 0 heterocycles. The number of carboxylic acids is 1. The van der Waals surface area contributed by atoms with E-state index in [9.17, 15) is 18.0 Å². The maximum absolute atomic E-state index is 12.2. The van der Waals surface area contributed by atoms with E-state index in [1.807, 2.05) is 0 Å². The minimum atomic E-state index is -4.61. The summed E-state index contributed by atoms with van der Waals surface area (Å²) in [5.74, 6) is -1.57. The summed E-state index contributed by atoms with van der Waals surface area (Å²) >= 11 is 2.35. The number of nitriles is 1. The van der Waals surface area contributed by atoms with Crippen molar-refractivity contribution in [3.05, 3.63) is 27.7 Å². The first kappa shape index (κ1) is 13.9. The maximum atomic E-state index is 12.2. The molecule has 3 nitrogen and oxygen atoms in total. The number of carbonyl (C=O) groups is 1. The summed E-state index contributed by atoms with van der Waals surface area (Å²) in [6, 6.07) is 3.78. The molecule has 0 spiro atoms. The van der Waals surface area contributed by atoms with E-state index in [2.05, 4.69) is 15.9 Å². The summed E-state index contributed by atoms with van der Waals surface area (Å²) in [5.41, 5.74) is -5.58. The number of benzene rings is 1. The van der Waals surface area contributed by atoms with Crippen LogP contribution in [0.3, 0.4) is 0 Å².